The van der Waals surface area contributed by atoms with E-state index in [-0.39, 0.29) is 10.8 Å². The fourth-order valence-corrected chi connectivity index (χ4v) is 7.70. The van der Waals surface area contributed by atoms with Gasteiger partial charge < -0.3 is 15.0 Å². The fraction of sp³-hybridized carbons (Fsp3) is 0.519. The van der Waals surface area contributed by atoms with E-state index >= 15 is 0 Å². The molecule has 1 aromatic carbocycles. The van der Waals surface area contributed by atoms with Crippen molar-refractivity contribution in [1.82, 2.24) is 19.2 Å². The molecule has 1 unspecified atom stereocenters. The zero-order chi connectivity index (χ0) is 26.7. The average Bonchev–Trinajstić information content (AvgIpc) is 3.60. The maximum Gasteiger partial charge on any atom is 0.243 e. The van der Waals surface area contributed by atoms with Crippen LogP contribution in [0.2, 0.25) is 0 Å². The van der Waals surface area contributed by atoms with Crippen LogP contribution < -0.4 is 10.1 Å². The molecule has 1 aliphatic carbocycles. The summed E-state index contributed by atoms with van der Waals surface area (Å²) >= 11 is 1.31. The van der Waals surface area contributed by atoms with Gasteiger partial charge in [-0.15, -0.1) is 0 Å². The molecule has 5 rings (SSSR count). The topological polar surface area (TPSA) is 105 Å². The average molecular weight is 558 g/mol. The van der Waals surface area contributed by atoms with Crippen molar-refractivity contribution < 1.29 is 17.9 Å². The fourth-order valence-electron chi connectivity index (χ4n) is 5.44. The van der Waals surface area contributed by atoms with Gasteiger partial charge in [-0.1, -0.05) is 56.1 Å². The lowest BCUT2D eigenvalue weighted by Gasteiger charge is -2.33. The van der Waals surface area contributed by atoms with Gasteiger partial charge in [0.2, 0.25) is 21.8 Å². The van der Waals surface area contributed by atoms with Crippen molar-refractivity contribution >= 4 is 42.7 Å². The van der Waals surface area contributed by atoms with Crippen LogP contribution in [-0.4, -0.2) is 73.3 Å². The van der Waals surface area contributed by atoms with E-state index in [0.717, 1.165) is 44.5 Å². The zero-order valence-electron chi connectivity index (χ0n) is 21.9. The highest BCUT2D eigenvalue weighted by molar-refractivity contribution is 7.89. The minimum atomic E-state index is -3.57. The summed E-state index contributed by atoms with van der Waals surface area (Å²) in [6, 6.07) is 10.5. The number of piperazine rings is 1. The number of anilines is 1. The first-order valence-electron chi connectivity index (χ1n) is 13.3. The van der Waals surface area contributed by atoms with Gasteiger partial charge >= 0.3 is 0 Å². The third-order valence-electron chi connectivity index (χ3n) is 7.73. The van der Waals surface area contributed by atoms with E-state index in [0.29, 0.717) is 40.4 Å². The number of nitrogens with one attached hydrogen (secondary N) is 1. The minimum absolute atomic E-state index is 0.130. The molecule has 0 radical (unpaired) electrons. The normalized spacial score (nSPS) is 18.6. The number of likely N-dealkylation sites (N-methyl/N-ethyl adjacent to an activating group) is 1. The van der Waals surface area contributed by atoms with Gasteiger partial charge in [0.25, 0.3) is 0 Å². The highest BCUT2D eigenvalue weighted by Crippen LogP contribution is 2.36. The Kier molecular flexibility index (Phi) is 8.27. The molecule has 204 valence electrons. The number of thiazole rings is 1. The predicted molar refractivity (Wildman–Crippen MR) is 149 cm³/mol. The summed E-state index contributed by atoms with van der Waals surface area (Å²) in [6.07, 6.45) is 5.34. The Labute approximate surface area is 228 Å². The van der Waals surface area contributed by atoms with Gasteiger partial charge in [-0.3, -0.25) is 4.79 Å². The van der Waals surface area contributed by atoms with Crippen LogP contribution in [0.25, 0.3) is 10.3 Å². The largest absolute Gasteiger partial charge is 0.481 e. The van der Waals surface area contributed by atoms with Crippen LogP contribution in [-0.2, 0) is 14.8 Å². The number of carbonyl (C=O) groups is 1. The van der Waals surface area contributed by atoms with E-state index < -0.39 is 15.9 Å². The molecule has 11 heteroatoms. The number of pyridine rings is 1. The Hall–Kier alpha value is -2.60. The van der Waals surface area contributed by atoms with Crippen molar-refractivity contribution in [2.75, 3.05) is 45.2 Å². The number of hydrogen-bond acceptors (Lipinski definition) is 8. The van der Waals surface area contributed by atoms with E-state index in [2.05, 4.69) is 27.1 Å². The second-order valence-corrected chi connectivity index (χ2v) is 12.9. The number of carbonyl (C=O) groups excluding carboxylic acids is 1. The highest BCUT2D eigenvalue weighted by Gasteiger charge is 2.30. The quantitative estimate of drug-likeness (QED) is 0.418. The summed E-state index contributed by atoms with van der Waals surface area (Å²) in [5.74, 6) is 0.456. The summed E-state index contributed by atoms with van der Waals surface area (Å²) in [5.41, 5.74) is 1.53. The number of sulfonamides is 1. The standard InChI is InChI=1S/C27H35N5O4S2/c1-3-31-14-16-32(17-15-31)38(34,35)21-10-8-20(9-11-21)22(18-19-6-4-5-7-19)25(33)30-27-28-23-12-13-24(36-2)29-26(23)37-27/h8-13,19,22H,3-7,14-18H2,1-2H3,(H,28,30,33). The first-order chi connectivity index (χ1) is 18.4. The monoisotopic (exact) mass is 557 g/mol. The van der Waals surface area contributed by atoms with Crippen LogP contribution in [0, 0.1) is 5.92 Å². The van der Waals surface area contributed by atoms with Crippen LogP contribution in [0.5, 0.6) is 5.88 Å². The van der Waals surface area contributed by atoms with Crippen molar-refractivity contribution in [3.8, 4) is 5.88 Å². The summed E-state index contributed by atoms with van der Waals surface area (Å²) < 4.78 is 33.3. The van der Waals surface area contributed by atoms with Crippen molar-refractivity contribution in [2.24, 2.45) is 5.92 Å². The van der Waals surface area contributed by atoms with Gasteiger partial charge in [0.1, 0.15) is 10.3 Å². The van der Waals surface area contributed by atoms with Crippen molar-refractivity contribution in [1.29, 1.82) is 0 Å². The summed E-state index contributed by atoms with van der Waals surface area (Å²) in [4.78, 5) is 25.7. The molecule has 2 aromatic heterocycles. The smallest absolute Gasteiger partial charge is 0.243 e. The van der Waals surface area contributed by atoms with E-state index in [4.69, 9.17) is 4.74 Å². The molecule has 1 amide bonds. The molecular formula is C27H35N5O4S2. The summed E-state index contributed by atoms with van der Waals surface area (Å²) in [7, 11) is -2.00. The third kappa shape index (κ3) is 5.85. The molecule has 1 atom stereocenters. The Morgan fingerprint density at radius 3 is 2.45 bits per heavy atom. The summed E-state index contributed by atoms with van der Waals surface area (Å²) in [5, 5.41) is 3.50. The van der Waals surface area contributed by atoms with Gasteiger partial charge in [0, 0.05) is 32.2 Å². The molecule has 0 spiro atoms. The number of fused-ring (bicyclic) bond motifs is 1. The molecule has 3 aromatic rings. The Balaban J connectivity index is 1.35. The Morgan fingerprint density at radius 1 is 1.08 bits per heavy atom. The zero-order valence-corrected chi connectivity index (χ0v) is 23.6. The molecule has 1 N–H and O–H groups in total. The van der Waals surface area contributed by atoms with Gasteiger partial charge in [0.15, 0.2) is 5.13 Å². The molecule has 2 aliphatic rings. The molecule has 1 saturated heterocycles. The molecule has 38 heavy (non-hydrogen) atoms. The SMILES string of the molecule is CCN1CCN(S(=O)(=O)c2ccc(C(CC3CCCC3)C(=O)Nc3nc4ccc(OC)nc4s3)cc2)CC1. The maximum absolute atomic E-state index is 13.6. The van der Waals surface area contributed by atoms with Crippen LogP contribution >= 0.6 is 11.3 Å². The number of benzene rings is 1. The van der Waals surface area contributed by atoms with Crippen LogP contribution in [0.15, 0.2) is 41.3 Å². The highest BCUT2D eigenvalue weighted by atomic mass is 32.2. The Bertz CT molecular complexity index is 1360. The lowest BCUT2D eigenvalue weighted by atomic mass is 9.87. The van der Waals surface area contributed by atoms with Crippen molar-refractivity contribution in [3.63, 3.8) is 0 Å². The first-order valence-corrected chi connectivity index (χ1v) is 15.6. The van der Waals surface area contributed by atoms with Gasteiger partial charge in [-0.2, -0.15) is 4.31 Å². The Morgan fingerprint density at radius 2 is 1.79 bits per heavy atom. The first kappa shape index (κ1) is 27.0. The molecule has 3 heterocycles. The molecule has 0 bridgehead atoms. The number of nitrogens with zero attached hydrogens (tertiary/aromatic N) is 4. The lowest BCUT2D eigenvalue weighted by molar-refractivity contribution is -0.118. The van der Waals surface area contributed by atoms with E-state index in [1.807, 2.05) is 6.07 Å². The number of methoxy groups -OCH3 is 1. The van der Waals surface area contributed by atoms with E-state index in [9.17, 15) is 13.2 Å². The molecule has 9 nitrogen and oxygen atoms in total. The maximum atomic E-state index is 13.6. The van der Waals surface area contributed by atoms with Gasteiger partial charge in [-0.25, -0.2) is 18.4 Å². The number of rotatable bonds is 9. The van der Waals surface area contributed by atoms with Crippen molar-refractivity contribution in [3.05, 3.63) is 42.0 Å². The molecule has 2 fully saturated rings. The minimum Gasteiger partial charge on any atom is -0.481 e. The molecular weight excluding hydrogens is 522 g/mol. The van der Waals surface area contributed by atoms with E-state index in [1.54, 1.807) is 41.7 Å². The van der Waals surface area contributed by atoms with E-state index in [1.165, 1.54) is 24.2 Å². The molecule has 1 saturated carbocycles. The van der Waals surface area contributed by atoms with Gasteiger partial charge in [0.05, 0.1) is 17.9 Å². The van der Waals surface area contributed by atoms with Crippen LogP contribution in [0.3, 0.4) is 0 Å². The second kappa shape index (κ2) is 11.6. The lowest BCUT2D eigenvalue weighted by Crippen LogP contribution is -2.48. The number of aromatic nitrogens is 2. The number of ether oxygens (including phenoxy) is 1. The van der Waals surface area contributed by atoms with Crippen molar-refractivity contribution in [2.45, 2.75) is 49.8 Å². The number of amides is 1. The van der Waals surface area contributed by atoms with Crippen LogP contribution in [0.4, 0.5) is 5.13 Å². The predicted octanol–water partition coefficient (Wildman–Crippen LogP) is 4.33. The molecule has 1 aliphatic heterocycles. The third-order valence-corrected chi connectivity index (χ3v) is 10.5. The second-order valence-electron chi connectivity index (χ2n) is 10.0. The summed E-state index contributed by atoms with van der Waals surface area (Å²) in [6.45, 7) is 5.48. The van der Waals surface area contributed by atoms with Crippen LogP contribution in [0.1, 0.15) is 50.5 Å². The van der Waals surface area contributed by atoms with Gasteiger partial charge in [-0.05, 0) is 42.6 Å². The number of hydrogen-bond donors (Lipinski definition) is 1.